The maximum absolute atomic E-state index is 12.4. The number of nitrogens with zero attached hydrogens (tertiary/aromatic N) is 1. The summed E-state index contributed by atoms with van der Waals surface area (Å²) in [6, 6.07) is 3.12. The molecule has 2 saturated heterocycles. The van der Waals surface area contributed by atoms with E-state index in [9.17, 15) is 19.7 Å². The first-order valence-corrected chi connectivity index (χ1v) is 9.10. The second-order valence-corrected chi connectivity index (χ2v) is 7.28. The molecular formula is C17H22BN3O6. The van der Waals surface area contributed by atoms with E-state index in [4.69, 9.17) is 15.1 Å². The number of benzene rings is 1. The Morgan fingerprint density at radius 1 is 1.37 bits per heavy atom. The van der Waals surface area contributed by atoms with Gasteiger partial charge in [0.05, 0.1) is 19.1 Å². The van der Waals surface area contributed by atoms with Gasteiger partial charge in [-0.3, -0.25) is 4.79 Å². The molecule has 0 bridgehead atoms. The van der Waals surface area contributed by atoms with Gasteiger partial charge < -0.3 is 35.5 Å². The quantitative estimate of drug-likeness (QED) is 0.497. The molecule has 27 heavy (non-hydrogen) atoms. The molecule has 2 fully saturated rings. The zero-order valence-electron chi connectivity index (χ0n) is 14.8. The van der Waals surface area contributed by atoms with E-state index in [2.05, 4.69) is 5.32 Å². The van der Waals surface area contributed by atoms with Crippen LogP contribution in [0.4, 0.5) is 0 Å². The fourth-order valence-corrected chi connectivity index (χ4v) is 3.76. The van der Waals surface area contributed by atoms with E-state index in [-0.39, 0.29) is 41.2 Å². The molecule has 0 spiro atoms. The van der Waals surface area contributed by atoms with Gasteiger partial charge in [0, 0.05) is 12.6 Å². The van der Waals surface area contributed by atoms with Crippen molar-refractivity contribution in [3.05, 3.63) is 23.3 Å². The predicted octanol–water partition coefficient (Wildman–Crippen LogP) is -0.921. The standard InChI is InChI=1S/C17H22BN3O6/c19-10-5-12(20-6-10)16(22)21-7-11(8-21)26-13-2-1-9-3-4-18(25)27-15(9)14(13)17(23)24/h1-2,10-12,20,25H,3-8,19H2,(H,23,24)/t10-,12+/m1/s1. The number of carboxylic acid groups (broad SMARTS) is 1. The highest BCUT2D eigenvalue weighted by molar-refractivity contribution is 6.44. The van der Waals surface area contributed by atoms with Crippen LogP contribution >= 0.6 is 0 Å². The van der Waals surface area contributed by atoms with E-state index in [1.165, 1.54) is 0 Å². The maximum Gasteiger partial charge on any atom is 0.522 e. The first-order valence-electron chi connectivity index (χ1n) is 9.10. The van der Waals surface area contributed by atoms with Crippen LogP contribution in [0.2, 0.25) is 6.32 Å². The molecule has 3 heterocycles. The monoisotopic (exact) mass is 375 g/mol. The number of aromatic carboxylic acids is 1. The Bertz CT molecular complexity index is 769. The highest BCUT2D eigenvalue weighted by Gasteiger charge is 2.39. The summed E-state index contributed by atoms with van der Waals surface area (Å²) in [5, 5.41) is 22.4. The summed E-state index contributed by atoms with van der Waals surface area (Å²) in [4.78, 5) is 25.8. The van der Waals surface area contributed by atoms with Crippen molar-refractivity contribution in [1.82, 2.24) is 10.2 Å². The molecule has 3 aliphatic rings. The van der Waals surface area contributed by atoms with E-state index >= 15 is 0 Å². The summed E-state index contributed by atoms with van der Waals surface area (Å²) in [5.41, 5.74) is 6.47. The average molecular weight is 375 g/mol. The predicted molar refractivity (Wildman–Crippen MR) is 95.9 cm³/mol. The van der Waals surface area contributed by atoms with E-state index in [1.54, 1.807) is 17.0 Å². The van der Waals surface area contributed by atoms with Crippen LogP contribution in [0.3, 0.4) is 0 Å². The Morgan fingerprint density at radius 3 is 2.81 bits per heavy atom. The number of ether oxygens (including phenoxy) is 1. The summed E-state index contributed by atoms with van der Waals surface area (Å²) >= 11 is 0. The second-order valence-electron chi connectivity index (χ2n) is 7.28. The highest BCUT2D eigenvalue weighted by atomic mass is 16.5. The van der Waals surface area contributed by atoms with Gasteiger partial charge in [-0.2, -0.15) is 0 Å². The van der Waals surface area contributed by atoms with Crippen molar-refractivity contribution in [2.24, 2.45) is 5.73 Å². The summed E-state index contributed by atoms with van der Waals surface area (Å²) in [5.74, 6) is -0.825. The van der Waals surface area contributed by atoms with E-state index in [1.807, 2.05) is 0 Å². The fraction of sp³-hybridized carbons (Fsp3) is 0.529. The number of nitrogens with one attached hydrogen (secondary N) is 1. The van der Waals surface area contributed by atoms with Crippen molar-refractivity contribution in [3.63, 3.8) is 0 Å². The van der Waals surface area contributed by atoms with Crippen LogP contribution in [0.5, 0.6) is 11.5 Å². The third kappa shape index (κ3) is 3.47. The molecule has 0 radical (unpaired) electrons. The number of fused-ring (bicyclic) bond motifs is 1. The van der Waals surface area contributed by atoms with Gasteiger partial charge in [0.1, 0.15) is 23.2 Å². The number of hydrogen-bond acceptors (Lipinski definition) is 7. The van der Waals surface area contributed by atoms with Gasteiger partial charge in [-0.05, 0) is 30.8 Å². The van der Waals surface area contributed by atoms with Crippen LogP contribution < -0.4 is 20.4 Å². The first-order chi connectivity index (χ1) is 12.9. The maximum atomic E-state index is 12.4. The lowest BCUT2D eigenvalue weighted by atomic mass is 9.78. The number of rotatable bonds is 4. The number of carbonyl (C=O) groups is 2. The van der Waals surface area contributed by atoms with Crippen molar-refractivity contribution in [1.29, 1.82) is 0 Å². The topological polar surface area (TPSA) is 134 Å². The average Bonchev–Trinajstić information content (AvgIpc) is 3.02. The Labute approximate surface area is 156 Å². The molecule has 0 unspecified atom stereocenters. The molecule has 1 amide bonds. The molecule has 0 aromatic heterocycles. The van der Waals surface area contributed by atoms with Crippen LogP contribution in [0.1, 0.15) is 22.3 Å². The Kier molecular flexibility index (Phi) is 4.71. The molecule has 3 aliphatic heterocycles. The van der Waals surface area contributed by atoms with E-state index in [0.717, 1.165) is 5.56 Å². The molecule has 4 rings (SSSR count). The lowest BCUT2D eigenvalue weighted by molar-refractivity contribution is -0.142. The molecule has 1 aromatic carbocycles. The lowest BCUT2D eigenvalue weighted by Gasteiger charge is -2.40. The number of hydrogen-bond donors (Lipinski definition) is 4. The fourth-order valence-electron chi connectivity index (χ4n) is 3.76. The molecule has 10 heteroatoms. The number of carbonyl (C=O) groups excluding carboxylic acids is 1. The van der Waals surface area contributed by atoms with E-state index in [0.29, 0.717) is 38.8 Å². The molecule has 5 N–H and O–H groups in total. The van der Waals surface area contributed by atoms with Crippen molar-refractivity contribution in [2.75, 3.05) is 19.6 Å². The van der Waals surface area contributed by atoms with Gasteiger partial charge in [0.15, 0.2) is 0 Å². The molecule has 0 saturated carbocycles. The minimum Gasteiger partial charge on any atom is -0.535 e. The molecule has 144 valence electrons. The van der Waals surface area contributed by atoms with Crippen molar-refractivity contribution < 1.29 is 29.1 Å². The van der Waals surface area contributed by atoms with Crippen molar-refractivity contribution in [2.45, 2.75) is 37.3 Å². The molecule has 9 nitrogen and oxygen atoms in total. The van der Waals surface area contributed by atoms with Crippen LogP contribution in [-0.2, 0) is 11.2 Å². The van der Waals surface area contributed by atoms with E-state index < -0.39 is 13.1 Å². The van der Waals surface area contributed by atoms with Crippen LogP contribution in [0.15, 0.2) is 12.1 Å². The second kappa shape index (κ2) is 7.03. The summed E-state index contributed by atoms with van der Waals surface area (Å²) in [6.07, 6.45) is 1.30. The van der Waals surface area contributed by atoms with Gasteiger partial charge in [-0.15, -0.1) is 0 Å². The zero-order valence-corrected chi connectivity index (χ0v) is 14.8. The third-order valence-corrected chi connectivity index (χ3v) is 5.25. The number of likely N-dealkylation sites (tertiary alicyclic amines) is 1. The highest BCUT2D eigenvalue weighted by Crippen LogP contribution is 2.37. The van der Waals surface area contributed by atoms with Crippen molar-refractivity contribution in [3.8, 4) is 11.5 Å². The lowest BCUT2D eigenvalue weighted by Crippen LogP contribution is -2.59. The smallest absolute Gasteiger partial charge is 0.522 e. The SMILES string of the molecule is N[C@H]1CN[C@H](C(=O)N2CC(Oc3ccc4c(c3C(=O)O)OB(O)CC4)C2)C1. The summed E-state index contributed by atoms with van der Waals surface area (Å²) < 4.78 is 11.2. The van der Waals surface area contributed by atoms with Gasteiger partial charge >= 0.3 is 13.1 Å². The summed E-state index contributed by atoms with van der Waals surface area (Å²) in [7, 11) is -1.02. The molecule has 2 atom stereocenters. The largest absolute Gasteiger partial charge is 0.535 e. The van der Waals surface area contributed by atoms with Crippen LogP contribution in [-0.4, -0.2) is 71.8 Å². The number of aryl methyl sites for hydroxylation is 1. The normalized spacial score (nSPS) is 24.8. The van der Waals surface area contributed by atoms with Crippen LogP contribution in [0, 0.1) is 0 Å². The van der Waals surface area contributed by atoms with Gasteiger partial charge in [-0.25, -0.2) is 4.79 Å². The number of amides is 1. The number of nitrogens with two attached hydrogens (primary N) is 1. The number of carboxylic acids is 1. The van der Waals surface area contributed by atoms with Crippen molar-refractivity contribution >= 4 is 19.0 Å². The van der Waals surface area contributed by atoms with Gasteiger partial charge in [0.2, 0.25) is 5.91 Å². The Morgan fingerprint density at radius 2 is 2.15 bits per heavy atom. The van der Waals surface area contributed by atoms with Crippen LogP contribution in [0.25, 0.3) is 0 Å². The molecule has 0 aliphatic carbocycles. The Hall–Kier alpha value is -2.30. The minimum atomic E-state index is -1.17. The molecule has 1 aromatic rings. The first kappa shape index (κ1) is 18.1. The minimum absolute atomic E-state index is 0.00171. The van der Waals surface area contributed by atoms with Gasteiger partial charge in [0.25, 0.3) is 0 Å². The zero-order chi connectivity index (χ0) is 19.1. The van der Waals surface area contributed by atoms with Gasteiger partial charge in [-0.1, -0.05) is 6.07 Å². The third-order valence-electron chi connectivity index (χ3n) is 5.25. The molecular weight excluding hydrogens is 353 g/mol. The summed E-state index contributed by atoms with van der Waals surface area (Å²) in [6.45, 7) is 1.42. The Balaban J connectivity index is 1.43.